The Hall–Kier alpha value is -7.28. The van der Waals surface area contributed by atoms with Crippen LogP contribution in [0, 0.1) is 0 Å². The Kier molecular flexibility index (Phi) is 6.73. The molecule has 56 heavy (non-hydrogen) atoms. The third-order valence-corrected chi connectivity index (χ3v) is 12.2. The Morgan fingerprint density at radius 1 is 0.179 bits per heavy atom. The van der Waals surface area contributed by atoms with Crippen LogP contribution >= 0.6 is 0 Å². The maximum atomic E-state index is 2.46. The van der Waals surface area contributed by atoms with Crippen LogP contribution < -0.4 is 0 Å². The normalized spacial score (nSPS) is 11.9. The minimum atomic E-state index is 1.23. The molecule has 0 spiro atoms. The highest BCUT2D eigenvalue weighted by Crippen LogP contribution is 2.49. The van der Waals surface area contributed by atoms with E-state index in [0.717, 1.165) is 0 Å². The first kappa shape index (κ1) is 31.1. The van der Waals surface area contributed by atoms with E-state index in [9.17, 15) is 0 Å². The van der Waals surface area contributed by atoms with E-state index in [2.05, 4.69) is 206 Å². The summed E-state index contributed by atoms with van der Waals surface area (Å²) in [5, 5.41) is 15.6. The first-order valence-electron chi connectivity index (χ1n) is 19.5. The molecule has 258 valence electrons. The van der Waals surface area contributed by atoms with Crippen LogP contribution in [0.15, 0.2) is 206 Å². The van der Waals surface area contributed by atoms with Crippen LogP contribution in [-0.2, 0) is 0 Å². The summed E-state index contributed by atoms with van der Waals surface area (Å²) < 4.78 is 0. The van der Waals surface area contributed by atoms with E-state index in [1.165, 1.54) is 120 Å². The lowest BCUT2D eigenvalue weighted by atomic mass is 9.82. The standard InChI is InChI=1S/C56H34/c1-3-13-35(14-4-1)41-19-7-9-21-43(41)45-29-27-39-33-51(47-23-11-17-37-25-31-49(45)55(39)53(37)47)52-34-40-28-30-46(44-22-10-8-20-42(44)36-15-5-2-6-16-36)50-32-26-38-18-12-24-48(52)54(38)56(40)50/h1-34H. The summed E-state index contributed by atoms with van der Waals surface area (Å²) in [4.78, 5) is 0. The van der Waals surface area contributed by atoms with Crippen LogP contribution in [0.5, 0.6) is 0 Å². The minimum Gasteiger partial charge on any atom is -0.0622 e. The zero-order valence-corrected chi connectivity index (χ0v) is 30.6. The van der Waals surface area contributed by atoms with E-state index in [1.54, 1.807) is 0 Å². The predicted octanol–water partition coefficient (Wildman–Crippen LogP) is 15.8. The Balaban J connectivity index is 1.11. The van der Waals surface area contributed by atoms with Gasteiger partial charge in [0.1, 0.15) is 0 Å². The van der Waals surface area contributed by atoms with E-state index >= 15 is 0 Å². The van der Waals surface area contributed by atoms with E-state index < -0.39 is 0 Å². The molecule has 0 unspecified atom stereocenters. The number of hydrogen-bond acceptors (Lipinski definition) is 0. The summed E-state index contributed by atoms with van der Waals surface area (Å²) in [7, 11) is 0. The molecule has 0 saturated heterocycles. The molecule has 0 aliphatic rings. The highest BCUT2D eigenvalue weighted by molar-refractivity contribution is 6.32. The lowest BCUT2D eigenvalue weighted by Gasteiger charge is -2.21. The summed E-state index contributed by atoms with van der Waals surface area (Å²) in [5.41, 5.74) is 12.6. The third kappa shape index (κ3) is 4.54. The first-order valence-corrected chi connectivity index (χ1v) is 19.5. The number of benzene rings is 12. The zero-order chi connectivity index (χ0) is 36.7. The van der Waals surface area contributed by atoms with Crippen molar-refractivity contribution >= 4 is 64.6 Å². The van der Waals surface area contributed by atoms with Crippen molar-refractivity contribution in [1.29, 1.82) is 0 Å². The fourth-order valence-electron chi connectivity index (χ4n) is 9.75. The molecule has 0 radical (unpaired) electrons. The molecule has 0 nitrogen and oxygen atoms in total. The molecule has 0 heteroatoms. The lowest BCUT2D eigenvalue weighted by molar-refractivity contribution is 1.60. The molecule has 12 aromatic rings. The largest absolute Gasteiger partial charge is 0.0622 e. The fraction of sp³-hybridized carbons (Fsp3) is 0. The Morgan fingerprint density at radius 2 is 0.536 bits per heavy atom. The number of rotatable bonds is 5. The van der Waals surface area contributed by atoms with Crippen molar-refractivity contribution in [2.75, 3.05) is 0 Å². The zero-order valence-electron chi connectivity index (χ0n) is 30.6. The second-order valence-electron chi connectivity index (χ2n) is 15.1. The molecule has 0 saturated carbocycles. The van der Waals surface area contributed by atoms with Crippen molar-refractivity contribution < 1.29 is 0 Å². The summed E-state index contributed by atoms with van der Waals surface area (Å²) in [6.07, 6.45) is 0. The molecule has 0 fully saturated rings. The average molecular weight is 707 g/mol. The van der Waals surface area contributed by atoms with Crippen LogP contribution in [0.3, 0.4) is 0 Å². The summed E-state index contributed by atoms with van der Waals surface area (Å²) >= 11 is 0. The van der Waals surface area contributed by atoms with Gasteiger partial charge < -0.3 is 0 Å². The minimum absolute atomic E-state index is 1.23. The van der Waals surface area contributed by atoms with Gasteiger partial charge in [0.25, 0.3) is 0 Å². The van der Waals surface area contributed by atoms with Crippen molar-refractivity contribution in [3.8, 4) is 55.6 Å². The molecule has 12 rings (SSSR count). The lowest BCUT2D eigenvalue weighted by Crippen LogP contribution is -1.93. The van der Waals surface area contributed by atoms with Gasteiger partial charge in [-0.15, -0.1) is 0 Å². The Morgan fingerprint density at radius 3 is 0.982 bits per heavy atom. The van der Waals surface area contributed by atoms with E-state index in [1.807, 2.05) is 0 Å². The van der Waals surface area contributed by atoms with Crippen LogP contribution in [0.2, 0.25) is 0 Å². The van der Waals surface area contributed by atoms with E-state index in [0.29, 0.717) is 0 Å². The molecule has 12 aromatic carbocycles. The van der Waals surface area contributed by atoms with Gasteiger partial charge in [-0.25, -0.2) is 0 Å². The third-order valence-electron chi connectivity index (χ3n) is 12.2. The van der Waals surface area contributed by atoms with Gasteiger partial charge in [0.05, 0.1) is 0 Å². The van der Waals surface area contributed by atoms with E-state index in [4.69, 9.17) is 0 Å². The second kappa shape index (κ2) is 12.1. The van der Waals surface area contributed by atoms with Gasteiger partial charge in [0.2, 0.25) is 0 Å². The fourth-order valence-corrected chi connectivity index (χ4v) is 9.75. The predicted molar refractivity (Wildman–Crippen MR) is 241 cm³/mol. The SMILES string of the molecule is c1ccc(-c2ccccc2-c2ccc3cc(-c4cc5ccc(-c6ccccc6-c6ccccc6)c6ccc7cccc4c7c56)c4cccc5ccc2c3c54)cc1. The van der Waals surface area contributed by atoms with Gasteiger partial charge >= 0.3 is 0 Å². The molecule has 0 atom stereocenters. The van der Waals surface area contributed by atoms with Crippen molar-refractivity contribution in [2.45, 2.75) is 0 Å². The van der Waals surface area contributed by atoms with Crippen molar-refractivity contribution in [2.24, 2.45) is 0 Å². The topological polar surface area (TPSA) is 0 Å². The van der Waals surface area contributed by atoms with Crippen LogP contribution in [-0.4, -0.2) is 0 Å². The summed E-state index contributed by atoms with van der Waals surface area (Å²) in [6, 6.07) is 76.5. The highest BCUT2D eigenvalue weighted by Gasteiger charge is 2.21. The first-order chi connectivity index (χ1) is 27.8. The quantitative estimate of drug-likeness (QED) is 0.156. The molecule has 0 heterocycles. The van der Waals surface area contributed by atoms with Crippen LogP contribution in [0.1, 0.15) is 0 Å². The molecular weight excluding hydrogens is 673 g/mol. The van der Waals surface area contributed by atoms with Gasteiger partial charge in [-0.05, 0) is 132 Å². The Labute approximate surface area is 325 Å². The highest BCUT2D eigenvalue weighted by atomic mass is 14.2. The molecule has 0 N–H and O–H groups in total. The molecule has 0 amide bonds. The maximum absolute atomic E-state index is 2.46. The van der Waals surface area contributed by atoms with Gasteiger partial charge in [-0.2, -0.15) is 0 Å². The van der Waals surface area contributed by atoms with Gasteiger partial charge in [0.15, 0.2) is 0 Å². The average Bonchev–Trinajstić information content (AvgIpc) is 3.27. The second-order valence-corrected chi connectivity index (χ2v) is 15.1. The van der Waals surface area contributed by atoms with Crippen molar-refractivity contribution in [1.82, 2.24) is 0 Å². The monoisotopic (exact) mass is 706 g/mol. The van der Waals surface area contributed by atoms with Crippen molar-refractivity contribution in [3.63, 3.8) is 0 Å². The number of hydrogen-bond donors (Lipinski definition) is 0. The van der Waals surface area contributed by atoms with E-state index in [-0.39, 0.29) is 0 Å². The molecule has 0 bridgehead atoms. The van der Waals surface area contributed by atoms with Gasteiger partial charge in [0, 0.05) is 0 Å². The summed E-state index contributed by atoms with van der Waals surface area (Å²) in [5.74, 6) is 0. The van der Waals surface area contributed by atoms with Gasteiger partial charge in [-0.3, -0.25) is 0 Å². The summed E-state index contributed by atoms with van der Waals surface area (Å²) in [6.45, 7) is 0. The van der Waals surface area contributed by atoms with Gasteiger partial charge in [-0.1, -0.05) is 194 Å². The Bertz CT molecular complexity index is 3210. The maximum Gasteiger partial charge on any atom is -0.00201 e. The van der Waals surface area contributed by atoms with Crippen molar-refractivity contribution in [3.05, 3.63) is 206 Å². The molecule has 0 aromatic heterocycles. The van der Waals surface area contributed by atoms with Crippen LogP contribution in [0.25, 0.3) is 120 Å². The smallest absolute Gasteiger partial charge is 0.00201 e. The molecule has 0 aliphatic heterocycles. The molecule has 0 aliphatic carbocycles. The van der Waals surface area contributed by atoms with Crippen LogP contribution in [0.4, 0.5) is 0 Å². The molecular formula is C56H34.